The Hall–Kier alpha value is -0.120. The molecule has 34 heavy (non-hydrogen) atoms. The SMILES string of the molecule is C[C@H](CC[C@H](O)C(C)(C)C)[C@H]1CC[C@H]2[C@@H]3CC[C@@H]4C[C@](O)(C(C)(C)O)CC[C@]4(C)[C@H]3CC[C@]12C. The molecule has 4 fully saturated rings. The quantitative estimate of drug-likeness (QED) is 0.401. The molecule has 4 rings (SSSR count). The summed E-state index contributed by atoms with van der Waals surface area (Å²) in [6, 6.07) is 0. The van der Waals surface area contributed by atoms with Crippen molar-refractivity contribution in [1.29, 1.82) is 0 Å². The molecule has 0 aliphatic heterocycles. The van der Waals surface area contributed by atoms with Crippen LogP contribution in [-0.4, -0.2) is 32.6 Å². The third-order valence-electron chi connectivity index (χ3n) is 12.5. The van der Waals surface area contributed by atoms with Gasteiger partial charge < -0.3 is 15.3 Å². The molecule has 4 aliphatic carbocycles. The van der Waals surface area contributed by atoms with E-state index in [-0.39, 0.29) is 11.5 Å². The zero-order chi connectivity index (χ0) is 25.3. The highest BCUT2D eigenvalue weighted by Gasteiger charge is 2.62. The first-order valence-corrected chi connectivity index (χ1v) is 14.7. The van der Waals surface area contributed by atoms with Crippen molar-refractivity contribution in [1.82, 2.24) is 0 Å². The molecule has 198 valence electrons. The Kier molecular flexibility index (Phi) is 6.91. The van der Waals surface area contributed by atoms with E-state index in [1.807, 2.05) is 0 Å². The number of hydrogen-bond donors (Lipinski definition) is 3. The minimum absolute atomic E-state index is 0.0225. The van der Waals surface area contributed by atoms with Crippen molar-refractivity contribution in [2.75, 3.05) is 0 Å². The van der Waals surface area contributed by atoms with E-state index < -0.39 is 11.2 Å². The van der Waals surface area contributed by atoms with Crippen LogP contribution in [0, 0.1) is 51.8 Å². The van der Waals surface area contributed by atoms with Gasteiger partial charge in [0.15, 0.2) is 0 Å². The van der Waals surface area contributed by atoms with Crippen molar-refractivity contribution < 1.29 is 15.3 Å². The number of rotatable bonds is 5. The van der Waals surface area contributed by atoms with Gasteiger partial charge in [0.2, 0.25) is 0 Å². The van der Waals surface area contributed by atoms with Crippen LogP contribution in [0.25, 0.3) is 0 Å². The first-order chi connectivity index (χ1) is 15.5. The van der Waals surface area contributed by atoms with Crippen LogP contribution >= 0.6 is 0 Å². The molecule has 4 saturated carbocycles. The van der Waals surface area contributed by atoms with Crippen molar-refractivity contribution in [2.45, 2.75) is 143 Å². The highest BCUT2D eigenvalue weighted by molar-refractivity contribution is 5.12. The average molecular weight is 477 g/mol. The lowest BCUT2D eigenvalue weighted by Crippen LogP contribution is -2.60. The summed E-state index contributed by atoms with van der Waals surface area (Å²) in [5.74, 6) is 4.49. The number of aliphatic hydroxyl groups is 3. The molecule has 0 unspecified atom stereocenters. The third-order valence-corrected chi connectivity index (χ3v) is 12.5. The molecule has 3 nitrogen and oxygen atoms in total. The molecule has 10 atom stereocenters. The van der Waals surface area contributed by atoms with Crippen molar-refractivity contribution in [3.8, 4) is 0 Å². The van der Waals surface area contributed by atoms with Crippen LogP contribution in [0.4, 0.5) is 0 Å². The standard InChI is InChI=1S/C31H56O3/c1-20(9-14-26(32)27(2,3)4)23-12-13-24-22-11-10-21-19-31(34,28(5,6)33)18-17-29(21,7)25(22)15-16-30(23,24)8/h20-26,32-34H,9-19H2,1-8H3/t20-,21-,22+,23-,24+,25+,26+,29+,30-,31+/m1/s1. The van der Waals surface area contributed by atoms with Crippen molar-refractivity contribution in [3.05, 3.63) is 0 Å². The summed E-state index contributed by atoms with van der Waals surface area (Å²) in [5, 5.41) is 32.6. The van der Waals surface area contributed by atoms with E-state index in [0.717, 1.165) is 55.8 Å². The fourth-order valence-electron chi connectivity index (χ4n) is 9.83. The van der Waals surface area contributed by atoms with Gasteiger partial charge in [0.25, 0.3) is 0 Å². The van der Waals surface area contributed by atoms with Crippen LogP contribution in [0.15, 0.2) is 0 Å². The molecule has 0 bridgehead atoms. The predicted octanol–water partition coefficient (Wildman–Crippen LogP) is 6.97. The smallest absolute Gasteiger partial charge is 0.0930 e. The molecule has 0 aromatic carbocycles. The van der Waals surface area contributed by atoms with E-state index in [9.17, 15) is 15.3 Å². The predicted molar refractivity (Wildman–Crippen MR) is 140 cm³/mol. The van der Waals surface area contributed by atoms with Gasteiger partial charge in [0.05, 0.1) is 17.3 Å². The molecule has 0 spiro atoms. The fraction of sp³-hybridized carbons (Fsp3) is 1.00. The lowest BCUT2D eigenvalue weighted by molar-refractivity contribution is -0.204. The number of aliphatic hydroxyl groups excluding tert-OH is 1. The van der Waals surface area contributed by atoms with Gasteiger partial charge in [-0.15, -0.1) is 0 Å². The minimum Gasteiger partial charge on any atom is -0.393 e. The van der Waals surface area contributed by atoms with Crippen LogP contribution in [0.2, 0.25) is 0 Å². The van der Waals surface area contributed by atoms with Crippen LogP contribution in [0.5, 0.6) is 0 Å². The van der Waals surface area contributed by atoms with Crippen LogP contribution < -0.4 is 0 Å². The number of fused-ring (bicyclic) bond motifs is 5. The van der Waals surface area contributed by atoms with Gasteiger partial charge in [-0.25, -0.2) is 0 Å². The monoisotopic (exact) mass is 476 g/mol. The summed E-state index contributed by atoms with van der Waals surface area (Å²) in [6.07, 6.45) is 12.4. The Morgan fingerprint density at radius 2 is 1.47 bits per heavy atom. The Morgan fingerprint density at radius 3 is 2.09 bits per heavy atom. The maximum absolute atomic E-state index is 11.3. The Bertz CT molecular complexity index is 734. The summed E-state index contributed by atoms with van der Waals surface area (Å²) >= 11 is 0. The molecule has 0 amide bonds. The van der Waals surface area contributed by atoms with Crippen molar-refractivity contribution in [3.63, 3.8) is 0 Å². The van der Waals surface area contributed by atoms with Gasteiger partial charge in [-0.1, -0.05) is 41.5 Å². The van der Waals surface area contributed by atoms with Crippen LogP contribution in [0.1, 0.15) is 126 Å². The molecule has 3 N–H and O–H groups in total. The summed E-state index contributed by atoms with van der Waals surface area (Å²) in [5.41, 5.74) is -1.20. The van der Waals surface area contributed by atoms with E-state index in [2.05, 4.69) is 41.5 Å². The largest absolute Gasteiger partial charge is 0.393 e. The van der Waals surface area contributed by atoms with Gasteiger partial charge in [-0.3, -0.25) is 0 Å². The summed E-state index contributed by atoms with van der Waals surface area (Å²) in [7, 11) is 0. The second-order valence-electron chi connectivity index (χ2n) is 15.6. The van der Waals surface area contributed by atoms with Gasteiger partial charge >= 0.3 is 0 Å². The van der Waals surface area contributed by atoms with E-state index in [4.69, 9.17) is 0 Å². The maximum Gasteiger partial charge on any atom is 0.0930 e. The zero-order valence-corrected chi connectivity index (χ0v) is 23.7. The molecule has 0 heterocycles. The molecule has 0 aromatic heterocycles. The number of hydrogen-bond acceptors (Lipinski definition) is 3. The molecule has 3 heteroatoms. The topological polar surface area (TPSA) is 60.7 Å². The second kappa shape index (κ2) is 8.73. The van der Waals surface area contributed by atoms with Crippen molar-refractivity contribution >= 4 is 0 Å². The average Bonchev–Trinajstić information content (AvgIpc) is 3.08. The molecule has 0 radical (unpaired) electrons. The molecule has 4 aliphatic rings. The van der Waals surface area contributed by atoms with Gasteiger partial charge in [-0.2, -0.15) is 0 Å². The highest BCUT2D eigenvalue weighted by Crippen LogP contribution is 2.69. The molecular weight excluding hydrogens is 420 g/mol. The Labute approximate surface area is 210 Å². The fourth-order valence-corrected chi connectivity index (χ4v) is 9.83. The molecule has 0 saturated heterocycles. The lowest BCUT2D eigenvalue weighted by Gasteiger charge is -2.63. The summed E-state index contributed by atoms with van der Waals surface area (Å²) < 4.78 is 0. The van der Waals surface area contributed by atoms with Crippen LogP contribution in [-0.2, 0) is 0 Å². The highest BCUT2D eigenvalue weighted by atomic mass is 16.4. The van der Waals surface area contributed by atoms with Gasteiger partial charge in [0, 0.05) is 0 Å². The molecular formula is C31H56O3. The molecule has 0 aromatic rings. The first-order valence-electron chi connectivity index (χ1n) is 14.7. The maximum atomic E-state index is 11.3. The van der Waals surface area contributed by atoms with Gasteiger partial charge in [0.1, 0.15) is 0 Å². The summed E-state index contributed by atoms with van der Waals surface area (Å²) in [4.78, 5) is 0. The first kappa shape index (κ1) is 26.9. The Balaban J connectivity index is 1.46. The summed E-state index contributed by atoms with van der Waals surface area (Å²) in [6.45, 7) is 17.7. The lowest BCUT2D eigenvalue weighted by atomic mass is 9.43. The minimum atomic E-state index is -1.02. The Morgan fingerprint density at radius 1 is 0.824 bits per heavy atom. The van der Waals surface area contributed by atoms with Gasteiger partial charge in [-0.05, 0) is 136 Å². The second-order valence-corrected chi connectivity index (χ2v) is 15.6. The third kappa shape index (κ3) is 4.32. The van der Waals surface area contributed by atoms with Crippen LogP contribution in [0.3, 0.4) is 0 Å². The zero-order valence-electron chi connectivity index (χ0n) is 23.7. The van der Waals surface area contributed by atoms with Crippen molar-refractivity contribution in [2.24, 2.45) is 51.8 Å². The van der Waals surface area contributed by atoms with E-state index in [1.165, 1.54) is 38.5 Å². The normalized spacial score (nSPS) is 46.9. The van der Waals surface area contributed by atoms with E-state index in [0.29, 0.717) is 22.7 Å². The van der Waals surface area contributed by atoms with E-state index >= 15 is 0 Å². The van der Waals surface area contributed by atoms with E-state index in [1.54, 1.807) is 13.8 Å².